The predicted molar refractivity (Wildman–Crippen MR) is 74.4 cm³/mol. The molecule has 0 aliphatic carbocycles. The third kappa shape index (κ3) is 2.58. The zero-order valence-electron chi connectivity index (χ0n) is 10.8. The van der Waals surface area contributed by atoms with Crippen LogP contribution in [0.5, 0.6) is 0 Å². The fourth-order valence-electron chi connectivity index (χ4n) is 1.93. The van der Waals surface area contributed by atoms with Crippen molar-refractivity contribution < 1.29 is 14.8 Å². The number of nitrogens with zero attached hydrogens (tertiary/aromatic N) is 3. The molecule has 1 atom stereocenters. The zero-order valence-corrected chi connectivity index (χ0v) is 12.9. The Bertz CT molecular complexity index is 696. The number of nitro benzene ring substituents is 1. The van der Waals surface area contributed by atoms with Crippen LogP contribution in [0, 0.1) is 17.0 Å². The summed E-state index contributed by atoms with van der Waals surface area (Å²) in [7, 11) is 1.56. The number of carboxylic acid groups (broad SMARTS) is 1. The second-order valence-electron chi connectivity index (χ2n) is 4.14. The molecule has 0 fully saturated rings. The van der Waals surface area contributed by atoms with Crippen LogP contribution < -0.4 is 8.70 Å². The van der Waals surface area contributed by atoms with Crippen LogP contribution in [0.25, 0.3) is 0 Å². The summed E-state index contributed by atoms with van der Waals surface area (Å²) in [6, 6.07) is 6.43. The number of aromatic nitrogens is 2. The van der Waals surface area contributed by atoms with E-state index in [-0.39, 0.29) is 11.4 Å². The topological polar surface area (TPSA) is 98.3 Å². The Morgan fingerprint density at radius 1 is 1.45 bits per heavy atom. The summed E-state index contributed by atoms with van der Waals surface area (Å²) in [4.78, 5) is 21.9. The Labute approximate surface area is 121 Å². The van der Waals surface area contributed by atoms with Crippen LogP contribution in [-0.2, 0) is 7.05 Å². The van der Waals surface area contributed by atoms with E-state index in [4.69, 9.17) is 0 Å². The summed E-state index contributed by atoms with van der Waals surface area (Å²) in [5, 5.41) is 24.4. The van der Waals surface area contributed by atoms with Gasteiger partial charge in [0.1, 0.15) is 0 Å². The van der Waals surface area contributed by atoms with Crippen molar-refractivity contribution in [2.24, 2.45) is 7.05 Å². The Morgan fingerprint density at radius 2 is 2.10 bits per heavy atom. The van der Waals surface area contributed by atoms with Gasteiger partial charge < -0.3 is 0 Å². The van der Waals surface area contributed by atoms with E-state index >= 15 is 0 Å². The number of aryl methyl sites for hydroxylation is 2. The van der Waals surface area contributed by atoms with Gasteiger partial charge in [0.05, 0.1) is 0 Å². The summed E-state index contributed by atoms with van der Waals surface area (Å²) in [6.07, 6.45) is 0. The first-order chi connectivity index (χ1) is 9.41. The molecular weight excluding hydrogens is 325 g/mol. The molecule has 0 saturated carbocycles. The number of nitro groups is 1. The van der Waals surface area contributed by atoms with E-state index in [1.54, 1.807) is 32.2 Å². The minimum absolute atomic E-state index is 0.0343. The van der Waals surface area contributed by atoms with Crippen molar-refractivity contribution in [3.8, 4) is 0 Å². The van der Waals surface area contributed by atoms with Crippen molar-refractivity contribution in [2.75, 3.05) is 0 Å². The molecule has 0 aliphatic rings. The second-order valence-corrected chi connectivity index (χ2v) is 6.84. The van der Waals surface area contributed by atoms with Crippen LogP contribution in [0.4, 0.5) is 5.69 Å². The van der Waals surface area contributed by atoms with E-state index in [9.17, 15) is 20.0 Å². The molecule has 0 radical (unpaired) electrons. The van der Waals surface area contributed by atoms with Crippen molar-refractivity contribution in [3.05, 3.63) is 45.8 Å². The van der Waals surface area contributed by atoms with Gasteiger partial charge in [-0.05, 0) is 0 Å². The first-order valence-corrected chi connectivity index (χ1v) is 7.79. The molecule has 1 unspecified atom stereocenters. The minimum atomic E-state index is -1.15. The van der Waals surface area contributed by atoms with Gasteiger partial charge in [0.15, 0.2) is 0 Å². The molecule has 104 valence electrons. The quantitative estimate of drug-likeness (QED) is 0.470. The molecule has 2 rings (SSSR count). The van der Waals surface area contributed by atoms with Gasteiger partial charge in [-0.2, -0.15) is 0 Å². The Morgan fingerprint density at radius 3 is 2.70 bits per heavy atom. The number of hydrogen-bond donors (Lipinski definition) is 1. The molecule has 0 amide bonds. The summed E-state index contributed by atoms with van der Waals surface area (Å²) in [6.45, 7) is 1.72. The van der Waals surface area contributed by atoms with Crippen LogP contribution in [0.3, 0.4) is 0 Å². The first-order valence-electron chi connectivity index (χ1n) is 5.69. The van der Waals surface area contributed by atoms with Gasteiger partial charge in [0.25, 0.3) is 0 Å². The molecule has 7 nitrogen and oxygen atoms in total. The average molecular weight is 337 g/mol. The number of hydrogen-bond acceptors (Lipinski definition) is 4. The molecule has 20 heavy (non-hydrogen) atoms. The fraction of sp³-hybridized carbons (Fsp3) is 0.167. The number of carbonyl (C=O) groups is 1. The summed E-state index contributed by atoms with van der Waals surface area (Å²) in [5.74, 6) is -1.06. The van der Waals surface area contributed by atoms with Gasteiger partial charge in [-0.1, -0.05) is 0 Å². The van der Waals surface area contributed by atoms with E-state index in [1.165, 1.54) is 10.7 Å². The monoisotopic (exact) mass is 337 g/mol. The van der Waals surface area contributed by atoms with Gasteiger partial charge >= 0.3 is 120 Å². The van der Waals surface area contributed by atoms with Crippen molar-refractivity contribution in [2.45, 2.75) is 6.92 Å². The summed E-state index contributed by atoms with van der Waals surface area (Å²) < 4.78 is 2.52. The normalized spacial score (nSPS) is 11.1. The third-order valence-corrected chi connectivity index (χ3v) is 6.02. The Hall–Kier alpha value is -2.14. The van der Waals surface area contributed by atoms with Crippen molar-refractivity contribution in [1.82, 2.24) is 9.78 Å². The maximum atomic E-state index is 11.3. The van der Waals surface area contributed by atoms with Crippen LogP contribution in [0.1, 0.15) is 16.2 Å². The maximum absolute atomic E-state index is 11.3. The van der Waals surface area contributed by atoms with Crippen LogP contribution in [0.2, 0.25) is 0 Å². The van der Waals surface area contributed by atoms with Gasteiger partial charge in [-0.3, -0.25) is 0 Å². The van der Waals surface area contributed by atoms with E-state index in [2.05, 4.69) is 5.10 Å². The first kappa shape index (κ1) is 14.3. The fourth-order valence-corrected chi connectivity index (χ4v) is 4.80. The Balaban J connectivity index is 2.51. The molecule has 1 aromatic heterocycles. The van der Waals surface area contributed by atoms with Gasteiger partial charge in [-0.15, -0.1) is 0 Å². The summed E-state index contributed by atoms with van der Waals surface area (Å²) >= 11 is -1.15. The molecule has 8 heteroatoms. The van der Waals surface area contributed by atoms with Crippen LogP contribution in [-0.4, -0.2) is 41.5 Å². The molecule has 0 bridgehead atoms. The molecule has 0 aliphatic heterocycles. The van der Waals surface area contributed by atoms with Gasteiger partial charge in [-0.25, -0.2) is 0 Å². The predicted octanol–water partition coefficient (Wildman–Crippen LogP) is -0.278. The molecule has 1 N–H and O–H groups in total. The second kappa shape index (κ2) is 5.46. The van der Waals surface area contributed by atoms with Crippen molar-refractivity contribution in [1.29, 1.82) is 0 Å². The molecule has 0 saturated heterocycles. The molecule has 0 spiro atoms. The van der Waals surface area contributed by atoms with E-state index in [0.29, 0.717) is 14.4 Å². The molecule has 2 aromatic rings. The number of benzene rings is 1. The van der Waals surface area contributed by atoms with Gasteiger partial charge in [0.2, 0.25) is 0 Å². The van der Waals surface area contributed by atoms with E-state index in [1.807, 2.05) is 0 Å². The standard InChI is InChI=1S/C12H12AsN3O4/c1-7-10(11(12(17)18)15(2)14-7)13-8-5-3-4-6-9(8)16(19)20/h3-6,13H,1-2H3,(H,17,18). The van der Waals surface area contributed by atoms with E-state index in [0.717, 1.165) is 0 Å². The number of carboxylic acids is 1. The molecule has 1 heterocycles. The average Bonchev–Trinajstić information content (AvgIpc) is 2.64. The number of aromatic carboxylic acids is 1. The molecule has 1 aromatic carbocycles. The number of rotatable bonds is 4. The molecular formula is C12H12AsN3O4. The van der Waals surface area contributed by atoms with E-state index < -0.39 is 26.6 Å². The Kier molecular flexibility index (Phi) is 3.90. The van der Waals surface area contributed by atoms with Gasteiger partial charge in [0, 0.05) is 0 Å². The zero-order chi connectivity index (χ0) is 14.9. The van der Waals surface area contributed by atoms with Crippen molar-refractivity contribution in [3.63, 3.8) is 0 Å². The summed E-state index contributed by atoms with van der Waals surface area (Å²) in [5.41, 5.74) is 0.760. The SMILES string of the molecule is Cc1nn(C)c(C(=O)O)c1[AsH]c1ccccc1[N+](=O)[O-]. The van der Waals surface area contributed by atoms with Crippen molar-refractivity contribution >= 4 is 36.1 Å². The van der Waals surface area contributed by atoms with Crippen LogP contribution >= 0.6 is 0 Å². The third-order valence-electron chi connectivity index (χ3n) is 2.79. The van der Waals surface area contributed by atoms with Crippen LogP contribution in [0.15, 0.2) is 24.3 Å². The number of para-hydroxylation sites is 1.